The maximum absolute atomic E-state index is 5.60. The molecular weight excluding hydrogens is 226 g/mol. The molecule has 0 spiro atoms. The van der Waals surface area contributed by atoms with Gasteiger partial charge in [-0.25, -0.2) is 0 Å². The van der Waals surface area contributed by atoms with E-state index < -0.39 is 0 Å². The van der Waals surface area contributed by atoms with Crippen molar-refractivity contribution in [3.63, 3.8) is 0 Å². The van der Waals surface area contributed by atoms with Gasteiger partial charge in [0.25, 0.3) is 0 Å². The molecule has 0 saturated heterocycles. The Morgan fingerprint density at radius 1 is 1.11 bits per heavy atom. The monoisotopic (exact) mass is 251 g/mol. The molecule has 0 aliphatic carbocycles. The summed E-state index contributed by atoms with van der Waals surface area (Å²) >= 11 is 0. The van der Waals surface area contributed by atoms with Gasteiger partial charge in [-0.15, -0.1) is 0 Å². The standard InChI is InChI=1S/C15H25NO2/c1-10-9-13(17-6)11(2)8-12(10)14(16-5)15(3,4)18-7/h8-9,14,16H,1-7H3. The Kier molecular flexibility index (Phi) is 4.77. The summed E-state index contributed by atoms with van der Waals surface area (Å²) in [5.41, 5.74) is 3.34. The lowest BCUT2D eigenvalue weighted by Crippen LogP contribution is -2.39. The lowest BCUT2D eigenvalue weighted by molar-refractivity contribution is -0.00918. The van der Waals surface area contributed by atoms with Gasteiger partial charge in [0.05, 0.1) is 18.8 Å². The Hall–Kier alpha value is -1.06. The van der Waals surface area contributed by atoms with E-state index in [1.54, 1.807) is 14.2 Å². The van der Waals surface area contributed by atoms with E-state index in [0.29, 0.717) is 0 Å². The second-order valence-corrected chi connectivity index (χ2v) is 5.21. The zero-order chi connectivity index (χ0) is 13.9. The first-order chi connectivity index (χ1) is 8.37. The highest BCUT2D eigenvalue weighted by Gasteiger charge is 2.30. The number of aryl methyl sites for hydroxylation is 2. The molecule has 3 nitrogen and oxygen atoms in total. The maximum Gasteiger partial charge on any atom is 0.122 e. The van der Waals surface area contributed by atoms with Crippen LogP contribution in [0.5, 0.6) is 5.75 Å². The minimum atomic E-state index is -0.263. The fraction of sp³-hybridized carbons (Fsp3) is 0.600. The fourth-order valence-corrected chi connectivity index (χ4v) is 2.34. The predicted octanol–water partition coefficient (Wildman–Crippen LogP) is 3.00. The van der Waals surface area contributed by atoms with Gasteiger partial charge in [0.1, 0.15) is 5.75 Å². The molecular formula is C15H25NO2. The molecule has 1 atom stereocenters. The summed E-state index contributed by atoms with van der Waals surface area (Å²) in [5, 5.41) is 3.35. The largest absolute Gasteiger partial charge is 0.496 e. The molecule has 1 aromatic carbocycles. The van der Waals surface area contributed by atoms with Crippen molar-refractivity contribution in [3.8, 4) is 5.75 Å². The van der Waals surface area contributed by atoms with Crippen LogP contribution in [0.25, 0.3) is 0 Å². The van der Waals surface area contributed by atoms with Crippen molar-refractivity contribution < 1.29 is 9.47 Å². The van der Waals surface area contributed by atoms with E-state index in [0.717, 1.165) is 11.3 Å². The van der Waals surface area contributed by atoms with Gasteiger partial charge >= 0.3 is 0 Å². The first-order valence-corrected chi connectivity index (χ1v) is 6.25. The lowest BCUT2D eigenvalue weighted by atomic mass is 9.88. The highest BCUT2D eigenvalue weighted by Crippen LogP contribution is 2.33. The number of nitrogens with one attached hydrogen (secondary N) is 1. The van der Waals surface area contributed by atoms with Crippen LogP contribution in [-0.4, -0.2) is 26.9 Å². The molecule has 0 bridgehead atoms. The molecule has 102 valence electrons. The van der Waals surface area contributed by atoms with Gasteiger partial charge < -0.3 is 14.8 Å². The van der Waals surface area contributed by atoms with E-state index in [4.69, 9.17) is 9.47 Å². The Bertz CT molecular complexity index is 413. The zero-order valence-electron chi connectivity index (χ0n) is 12.5. The molecule has 0 heterocycles. The first-order valence-electron chi connectivity index (χ1n) is 6.25. The number of hydrogen-bond donors (Lipinski definition) is 1. The highest BCUT2D eigenvalue weighted by molar-refractivity contribution is 5.43. The van der Waals surface area contributed by atoms with E-state index in [1.165, 1.54) is 11.1 Å². The van der Waals surface area contributed by atoms with Crippen molar-refractivity contribution in [1.29, 1.82) is 0 Å². The van der Waals surface area contributed by atoms with Crippen molar-refractivity contribution >= 4 is 0 Å². The van der Waals surface area contributed by atoms with Crippen molar-refractivity contribution in [2.24, 2.45) is 0 Å². The zero-order valence-corrected chi connectivity index (χ0v) is 12.5. The third-order valence-electron chi connectivity index (χ3n) is 3.60. The number of hydrogen-bond acceptors (Lipinski definition) is 3. The van der Waals surface area contributed by atoms with Crippen molar-refractivity contribution in [1.82, 2.24) is 5.32 Å². The van der Waals surface area contributed by atoms with Gasteiger partial charge in [-0.05, 0) is 57.5 Å². The number of methoxy groups -OCH3 is 2. The summed E-state index contributed by atoms with van der Waals surface area (Å²) in [6.07, 6.45) is 0. The first kappa shape index (κ1) is 15.0. The quantitative estimate of drug-likeness (QED) is 0.872. The van der Waals surface area contributed by atoms with Crippen molar-refractivity contribution in [2.75, 3.05) is 21.3 Å². The molecule has 0 radical (unpaired) electrons. The van der Waals surface area contributed by atoms with Crippen molar-refractivity contribution in [2.45, 2.75) is 39.3 Å². The van der Waals surface area contributed by atoms with Gasteiger partial charge in [0.2, 0.25) is 0 Å². The normalized spacial score (nSPS) is 13.5. The molecule has 1 rings (SSSR count). The van der Waals surface area contributed by atoms with E-state index in [9.17, 15) is 0 Å². The van der Waals surface area contributed by atoms with Crippen LogP contribution in [-0.2, 0) is 4.74 Å². The molecule has 1 aromatic rings. The maximum atomic E-state index is 5.60. The average molecular weight is 251 g/mol. The average Bonchev–Trinajstić information content (AvgIpc) is 2.33. The summed E-state index contributed by atoms with van der Waals surface area (Å²) in [7, 11) is 5.41. The van der Waals surface area contributed by atoms with E-state index in [2.05, 4.69) is 45.1 Å². The third kappa shape index (κ3) is 2.85. The van der Waals surface area contributed by atoms with Crippen LogP contribution >= 0.6 is 0 Å². The van der Waals surface area contributed by atoms with Crippen LogP contribution in [0.15, 0.2) is 12.1 Å². The van der Waals surface area contributed by atoms with Crippen LogP contribution in [0.4, 0.5) is 0 Å². The van der Waals surface area contributed by atoms with Gasteiger partial charge in [0.15, 0.2) is 0 Å². The molecule has 0 amide bonds. The lowest BCUT2D eigenvalue weighted by Gasteiger charge is -2.34. The number of ether oxygens (including phenoxy) is 2. The molecule has 0 saturated carbocycles. The summed E-state index contributed by atoms with van der Waals surface area (Å²) in [6.45, 7) is 8.35. The van der Waals surface area contributed by atoms with Gasteiger partial charge in [-0.2, -0.15) is 0 Å². The third-order valence-corrected chi connectivity index (χ3v) is 3.60. The fourth-order valence-electron chi connectivity index (χ4n) is 2.34. The van der Waals surface area contributed by atoms with E-state index >= 15 is 0 Å². The Labute approximate surface area is 110 Å². The SMILES string of the molecule is CNC(c1cc(C)c(OC)cc1C)C(C)(C)OC. The molecule has 1 unspecified atom stereocenters. The summed E-state index contributed by atoms with van der Waals surface area (Å²) < 4.78 is 11.0. The van der Waals surface area contributed by atoms with Crippen LogP contribution in [0.3, 0.4) is 0 Å². The predicted molar refractivity (Wildman–Crippen MR) is 75.4 cm³/mol. The van der Waals surface area contributed by atoms with Crippen LogP contribution in [0.2, 0.25) is 0 Å². The van der Waals surface area contributed by atoms with E-state index in [-0.39, 0.29) is 11.6 Å². The Morgan fingerprint density at radius 2 is 1.72 bits per heavy atom. The molecule has 0 fully saturated rings. The van der Waals surface area contributed by atoms with Crippen molar-refractivity contribution in [3.05, 3.63) is 28.8 Å². The molecule has 3 heteroatoms. The molecule has 1 N–H and O–H groups in total. The highest BCUT2D eigenvalue weighted by atomic mass is 16.5. The molecule has 0 aliphatic heterocycles. The van der Waals surface area contributed by atoms with Crippen LogP contribution in [0, 0.1) is 13.8 Å². The van der Waals surface area contributed by atoms with Gasteiger partial charge in [0, 0.05) is 7.11 Å². The second kappa shape index (κ2) is 5.72. The topological polar surface area (TPSA) is 30.5 Å². The summed E-state index contributed by atoms with van der Waals surface area (Å²) in [4.78, 5) is 0. The van der Waals surface area contributed by atoms with E-state index in [1.807, 2.05) is 7.05 Å². The molecule has 0 aromatic heterocycles. The minimum Gasteiger partial charge on any atom is -0.496 e. The van der Waals surface area contributed by atoms with Gasteiger partial charge in [-0.1, -0.05) is 6.07 Å². The smallest absolute Gasteiger partial charge is 0.122 e. The molecule has 18 heavy (non-hydrogen) atoms. The van der Waals surface area contributed by atoms with Crippen LogP contribution < -0.4 is 10.1 Å². The number of likely N-dealkylation sites (N-methyl/N-ethyl adjacent to an activating group) is 1. The minimum absolute atomic E-state index is 0.145. The second-order valence-electron chi connectivity index (χ2n) is 5.21. The van der Waals surface area contributed by atoms with Gasteiger partial charge in [-0.3, -0.25) is 0 Å². The Balaban J connectivity index is 3.27. The van der Waals surface area contributed by atoms with Crippen LogP contribution in [0.1, 0.15) is 36.6 Å². The molecule has 0 aliphatic rings. The number of benzene rings is 1. The summed E-state index contributed by atoms with van der Waals surface area (Å²) in [6, 6.07) is 4.41. The summed E-state index contributed by atoms with van der Waals surface area (Å²) in [5.74, 6) is 0.932. The number of rotatable bonds is 5. The Morgan fingerprint density at radius 3 is 2.17 bits per heavy atom.